The molecule has 0 saturated heterocycles. The van der Waals surface area contributed by atoms with E-state index in [2.05, 4.69) is 22.0 Å². The maximum absolute atomic E-state index is 10.1. The SMILES string of the molecule is C=NCCONC(C)=O. The topological polar surface area (TPSA) is 50.7 Å². The van der Waals surface area contributed by atoms with Crippen LogP contribution in [0.2, 0.25) is 0 Å². The highest BCUT2D eigenvalue weighted by Gasteiger charge is 1.86. The highest BCUT2D eigenvalue weighted by atomic mass is 16.6. The highest BCUT2D eigenvalue weighted by Crippen LogP contribution is 1.68. The van der Waals surface area contributed by atoms with Gasteiger partial charge in [0, 0.05) is 6.92 Å². The van der Waals surface area contributed by atoms with Crippen molar-refractivity contribution in [3.05, 3.63) is 0 Å². The molecule has 52 valence electrons. The third-order valence-electron chi connectivity index (χ3n) is 0.567. The van der Waals surface area contributed by atoms with Gasteiger partial charge < -0.3 is 0 Å². The summed E-state index contributed by atoms with van der Waals surface area (Å²) in [6.45, 7) is 5.49. The van der Waals surface area contributed by atoms with Gasteiger partial charge >= 0.3 is 0 Å². The van der Waals surface area contributed by atoms with Crippen molar-refractivity contribution >= 4 is 12.6 Å². The monoisotopic (exact) mass is 130 g/mol. The van der Waals surface area contributed by atoms with Crippen molar-refractivity contribution < 1.29 is 9.63 Å². The number of hydrogen-bond donors (Lipinski definition) is 1. The van der Waals surface area contributed by atoms with E-state index in [4.69, 9.17) is 0 Å². The van der Waals surface area contributed by atoms with Crippen molar-refractivity contribution in [2.75, 3.05) is 13.2 Å². The van der Waals surface area contributed by atoms with Gasteiger partial charge in [0.2, 0.25) is 5.91 Å². The Balaban J connectivity index is 2.91. The van der Waals surface area contributed by atoms with Crippen LogP contribution in [0.15, 0.2) is 4.99 Å². The second-order valence-electron chi connectivity index (χ2n) is 1.45. The number of amides is 1. The molecule has 0 aromatic heterocycles. The zero-order valence-corrected chi connectivity index (χ0v) is 5.39. The maximum Gasteiger partial charge on any atom is 0.240 e. The summed E-state index contributed by atoms with van der Waals surface area (Å²) >= 11 is 0. The van der Waals surface area contributed by atoms with E-state index in [1.54, 1.807) is 0 Å². The molecule has 0 aromatic rings. The number of aliphatic imine (C=N–C) groups is 1. The molecule has 1 amide bonds. The third-order valence-corrected chi connectivity index (χ3v) is 0.567. The quantitative estimate of drug-likeness (QED) is 0.324. The fourth-order valence-electron chi connectivity index (χ4n) is 0.263. The van der Waals surface area contributed by atoms with Crippen LogP contribution in [0.25, 0.3) is 0 Å². The Labute approximate surface area is 53.9 Å². The Bertz CT molecular complexity index is 103. The summed E-state index contributed by atoms with van der Waals surface area (Å²) in [5.41, 5.74) is 2.15. The first kappa shape index (κ1) is 8.10. The van der Waals surface area contributed by atoms with Crippen molar-refractivity contribution in [2.24, 2.45) is 4.99 Å². The van der Waals surface area contributed by atoms with E-state index in [-0.39, 0.29) is 5.91 Å². The molecule has 4 nitrogen and oxygen atoms in total. The first-order valence-corrected chi connectivity index (χ1v) is 2.58. The zero-order valence-electron chi connectivity index (χ0n) is 5.39. The molecule has 0 unspecified atom stereocenters. The average Bonchev–Trinajstić information content (AvgIpc) is 1.80. The number of hydroxylamine groups is 1. The lowest BCUT2D eigenvalue weighted by Gasteiger charge is -1.98. The van der Waals surface area contributed by atoms with Gasteiger partial charge in [-0.15, -0.1) is 0 Å². The van der Waals surface area contributed by atoms with Crippen LogP contribution in [0.3, 0.4) is 0 Å². The summed E-state index contributed by atoms with van der Waals surface area (Å²) in [5, 5.41) is 0. The summed E-state index contributed by atoms with van der Waals surface area (Å²) in [5.74, 6) is -0.209. The van der Waals surface area contributed by atoms with Crippen LogP contribution in [0.1, 0.15) is 6.92 Å². The number of nitrogens with zero attached hydrogens (tertiary/aromatic N) is 1. The van der Waals surface area contributed by atoms with Gasteiger partial charge in [-0.25, -0.2) is 5.48 Å². The zero-order chi connectivity index (χ0) is 7.11. The van der Waals surface area contributed by atoms with Gasteiger partial charge in [-0.2, -0.15) is 0 Å². The van der Waals surface area contributed by atoms with Crippen molar-refractivity contribution in [1.29, 1.82) is 0 Å². The minimum Gasteiger partial charge on any atom is -0.298 e. The molecular weight excluding hydrogens is 120 g/mol. The van der Waals surface area contributed by atoms with Gasteiger partial charge in [-0.1, -0.05) is 0 Å². The summed E-state index contributed by atoms with van der Waals surface area (Å²) in [6.07, 6.45) is 0. The number of carbonyl (C=O) groups is 1. The summed E-state index contributed by atoms with van der Waals surface area (Å²) in [4.78, 5) is 18.2. The predicted octanol–water partition coefficient (Wildman–Crippen LogP) is -0.245. The van der Waals surface area contributed by atoms with Gasteiger partial charge in [0.1, 0.15) is 0 Å². The molecule has 0 fully saturated rings. The van der Waals surface area contributed by atoms with Gasteiger partial charge in [0.15, 0.2) is 0 Å². The number of nitrogens with one attached hydrogen (secondary N) is 1. The largest absolute Gasteiger partial charge is 0.298 e. The van der Waals surface area contributed by atoms with Gasteiger partial charge in [0.25, 0.3) is 0 Å². The molecule has 0 heterocycles. The Morgan fingerprint density at radius 3 is 3.00 bits per heavy atom. The van der Waals surface area contributed by atoms with E-state index in [9.17, 15) is 4.79 Å². The Morgan fingerprint density at radius 2 is 2.56 bits per heavy atom. The lowest BCUT2D eigenvalue weighted by Crippen LogP contribution is -2.21. The van der Waals surface area contributed by atoms with Crippen molar-refractivity contribution in [3.63, 3.8) is 0 Å². The van der Waals surface area contributed by atoms with E-state index >= 15 is 0 Å². The summed E-state index contributed by atoms with van der Waals surface area (Å²) in [7, 11) is 0. The molecule has 0 radical (unpaired) electrons. The smallest absolute Gasteiger partial charge is 0.240 e. The van der Waals surface area contributed by atoms with Gasteiger partial charge in [0.05, 0.1) is 13.2 Å². The maximum atomic E-state index is 10.1. The minimum atomic E-state index is -0.209. The van der Waals surface area contributed by atoms with E-state index < -0.39 is 0 Å². The van der Waals surface area contributed by atoms with E-state index in [1.165, 1.54) is 6.92 Å². The second-order valence-corrected chi connectivity index (χ2v) is 1.45. The molecule has 0 atom stereocenters. The van der Waals surface area contributed by atoms with Gasteiger partial charge in [-0.05, 0) is 6.72 Å². The minimum absolute atomic E-state index is 0.209. The molecule has 4 heteroatoms. The first-order valence-electron chi connectivity index (χ1n) is 2.58. The second kappa shape index (κ2) is 5.24. The molecule has 9 heavy (non-hydrogen) atoms. The summed E-state index contributed by atoms with van der Waals surface area (Å²) in [6, 6.07) is 0. The normalized spacial score (nSPS) is 8.56. The number of hydrogen-bond acceptors (Lipinski definition) is 3. The first-order chi connectivity index (χ1) is 4.27. The van der Waals surface area contributed by atoms with E-state index in [1.807, 2.05) is 0 Å². The Hall–Kier alpha value is -0.900. The van der Waals surface area contributed by atoms with Crippen LogP contribution in [0.4, 0.5) is 0 Å². The number of rotatable bonds is 4. The van der Waals surface area contributed by atoms with Crippen molar-refractivity contribution in [2.45, 2.75) is 6.92 Å². The predicted molar refractivity (Wildman–Crippen MR) is 34.2 cm³/mol. The standard InChI is InChI=1S/C5H10N2O2/c1-5(8)7-9-4-3-6-2/h2-4H2,1H3,(H,7,8). The highest BCUT2D eigenvalue weighted by molar-refractivity contribution is 5.71. The van der Waals surface area contributed by atoms with Crippen LogP contribution in [-0.2, 0) is 9.63 Å². The molecule has 0 saturated carbocycles. The van der Waals surface area contributed by atoms with E-state index in [0.29, 0.717) is 13.2 Å². The van der Waals surface area contributed by atoms with Crippen molar-refractivity contribution in [1.82, 2.24) is 5.48 Å². The van der Waals surface area contributed by atoms with Crippen LogP contribution in [0, 0.1) is 0 Å². The van der Waals surface area contributed by atoms with E-state index in [0.717, 1.165) is 0 Å². The lowest BCUT2D eigenvalue weighted by atomic mass is 10.7. The summed E-state index contributed by atoms with van der Waals surface area (Å²) < 4.78 is 0. The Morgan fingerprint density at radius 1 is 1.89 bits per heavy atom. The third kappa shape index (κ3) is 7.10. The molecule has 0 bridgehead atoms. The van der Waals surface area contributed by atoms with Crippen LogP contribution in [0.5, 0.6) is 0 Å². The Kier molecular flexibility index (Phi) is 4.72. The molecule has 0 aliphatic carbocycles. The molecule has 0 aliphatic rings. The average molecular weight is 130 g/mol. The molecule has 0 aromatic carbocycles. The lowest BCUT2D eigenvalue weighted by molar-refractivity contribution is -0.130. The molecule has 0 rings (SSSR count). The number of carbonyl (C=O) groups excluding carboxylic acids is 1. The fourth-order valence-corrected chi connectivity index (χ4v) is 0.263. The fraction of sp³-hybridized carbons (Fsp3) is 0.600. The molecule has 0 aliphatic heterocycles. The molecular formula is C5H10N2O2. The van der Waals surface area contributed by atoms with Crippen LogP contribution < -0.4 is 5.48 Å². The van der Waals surface area contributed by atoms with Crippen LogP contribution in [-0.4, -0.2) is 25.8 Å². The molecule has 1 N–H and O–H groups in total. The van der Waals surface area contributed by atoms with Crippen LogP contribution >= 0.6 is 0 Å². The molecule has 0 spiro atoms. The van der Waals surface area contributed by atoms with Crippen molar-refractivity contribution in [3.8, 4) is 0 Å². The van der Waals surface area contributed by atoms with Gasteiger partial charge in [-0.3, -0.25) is 14.6 Å².